The van der Waals surface area contributed by atoms with Crippen molar-refractivity contribution in [2.75, 3.05) is 29.9 Å². The van der Waals surface area contributed by atoms with Gasteiger partial charge in [-0.1, -0.05) is 19.9 Å². The van der Waals surface area contributed by atoms with Crippen LogP contribution in [-0.4, -0.2) is 36.3 Å². The monoisotopic (exact) mass is 463 g/mol. The average molecular weight is 464 g/mol. The Morgan fingerprint density at radius 1 is 1.12 bits per heavy atom. The van der Waals surface area contributed by atoms with Crippen LogP contribution in [0.5, 0.6) is 5.75 Å². The van der Waals surface area contributed by atoms with Gasteiger partial charge in [-0.3, -0.25) is 4.79 Å². The fourth-order valence-electron chi connectivity index (χ4n) is 3.16. The van der Waals surface area contributed by atoms with Crippen molar-refractivity contribution < 1.29 is 27.8 Å². The Morgan fingerprint density at radius 2 is 1.73 bits per heavy atom. The maximum Gasteiger partial charge on any atom is 0.407 e. The van der Waals surface area contributed by atoms with Crippen molar-refractivity contribution in [1.29, 1.82) is 0 Å². The van der Waals surface area contributed by atoms with Gasteiger partial charge in [0.2, 0.25) is 0 Å². The van der Waals surface area contributed by atoms with Crippen LogP contribution in [0.4, 0.5) is 30.2 Å². The van der Waals surface area contributed by atoms with E-state index in [-0.39, 0.29) is 5.69 Å². The quantitative estimate of drug-likeness (QED) is 0.447. The van der Waals surface area contributed by atoms with Crippen molar-refractivity contribution in [3.8, 4) is 5.75 Å². The molecule has 0 saturated heterocycles. The van der Waals surface area contributed by atoms with E-state index in [2.05, 4.69) is 28.9 Å². The predicted octanol–water partition coefficient (Wildman–Crippen LogP) is 5.65. The summed E-state index contributed by atoms with van der Waals surface area (Å²) in [5, 5.41) is 12.8. The molecule has 1 amide bonds. The van der Waals surface area contributed by atoms with Gasteiger partial charge in [0.05, 0.1) is 12.1 Å². The molecule has 0 heterocycles. The molecule has 9 heteroatoms. The highest BCUT2D eigenvalue weighted by molar-refractivity contribution is 5.97. The summed E-state index contributed by atoms with van der Waals surface area (Å²) in [7, 11) is 0. The Kier molecular flexibility index (Phi) is 8.71. The number of aliphatic hydroxyl groups is 1. The second-order valence-corrected chi connectivity index (χ2v) is 7.84. The molecule has 0 fully saturated rings. The highest BCUT2D eigenvalue weighted by atomic mass is 19.4. The molecule has 2 aromatic carbocycles. The molecule has 1 atom stereocenters. The van der Waals surface area contributed by atoms with Crippen molar-refractivity contribution in [2.45, 2.75) is 45.4 Å². The molecule has 0 aliphatic rings. The number of nitrogens with zero attached hydrogens (tertiary/aromatic N) is 2. The fraction of sp³-hybridized carbons (Fsp3) is 0.417. The van der Waals surface area contributed by atoms with Crippen LogP contribution >= 0.6 is 0 Å². The second kappa shape index (κ2) is 11.1. The SMILES string of the molecule is [C-]#[N+]c1ccc(NC(=O)[C@@](C)(O)COc2ccc(N(CCC)CCC)cc2)cc1C(F)(F)F. The number of halogens is 3. The summed E-state index contributed by atoms with van der Waals surface area (Å²) in [5.74, 6) is -0.486. The number of carbonyl (C=O) groups is 1. The molecule has 6 nitrogen and oxygen atoms in total. The topological polar surface area (TPSA) is 66.2 Å². The summed E-state index contributed by atoms with van der Waals surface area (Å²) in [6.07, 6.45) is -2.72. The van der Waals surface area contributed by atoms with Gasteiger partial charge in [0.15, 0.2) is 11.3 Å². The van der Waals surface area contributed by atoms with Crippen LogP contribution in [0.15, 0.2) is 42.5 Å². The summed E-state index contributed by atoms with van der Waals surface area (Å²) < 4.78 is 44.9. The zero-order chi connectivity index (χ0) is 24.6. The molecule has 0 aromatic heterocycles. The zero-order valence-corrected chi connectivity index (χ0v) is 18.9. The molecule has 0 radical (unpaired) electrons. The largest absolute Gasteiger partial charge is 0.490 e. The minimum atomic E-state index is -4.75. The van der Waals surface area contributed by atoms with E-state index < -0.39 is 35.5 Å². The molecule has 0 bridgehead atoms. The molecule has 0 spiro atoms. The fourth-order valence-corrected chi connectivity index (χ4v) is 3.16. The Morgan fingerprint density at radius 3 is 2.24 bits per heavy atom. The molecular weight excluding hydrogens is 435 g/mol. The van der Waals surface area contributed by atoms with E-state index in [1.807, 2.05) is 12.1 Å². The normalized spacial score (nSPS) is 13.0. The summed E-state index contributed by atoms with van der Waals surface area (Å²) in [4.78, 5) is 17.6. The van der Waals surface area contributed by atoms with Gasteiger partial charge in [0.25, 0.3) is 5.91 Å². The Labute approximate surface area is 191 Å². The lowest BCUT2D eigenvalue weighted by Crippen LogP contribution is -2.45. The molecule has 2 N–H and O–H groups in total. The first-order valence-electron chi connectivity index (χ1n) is 10.6. The van der Waals surface area contributed by atoms with E-state index in [1.54, 1.807) is 12.1 Å². The van der Waals surface area contributed by atoms with E-state index >= 15 is 0 Å². The van der Waals surface area contributed by atoms with Gasteiger partial charge in [0, 0.05) is 24.5 Å². The summed E-state index contributed by atoms with van der Waals surface area (Å²) >= 11 is 0. The number of rotatable bonds is 10. The molecular formula is C24H28F3N3O3. The van der Waals surface area contributed by atoms with Crippen LogP contribution < -0.4 is 15.0 Å². The standard InChI is InChI=1S/C24H28F3N3O3/c1-5-13-30(14-6-2)18-8-10-19(11-9-18)33-16-23(3,32)22(31)29-17-7-12-21(28-4)20(15-17)24(25,26)27/h7-12,15,32H,5-6,13-14,16H2,1-3H3,(H,29,31)/t23-/m0/s1. The summed E-state index contributed by atoms with van der Waals surface area (Å²) in [5.41, 5.74) is -2.89. The van der Waals surface area contributed by atoms with Gasteiger partial charge < -0.3 is 20.1 Å². The van der Waals surface area contributed by atoms with Gasteiger partial charge in [-0.15, -0.1) is 0 Å². The first-order valence-corrected chi connectivity index (χ1v) is 10.6. The number of ether oxygens (including phenoxy) is 1. The van der Waals surface area contributed by atoms with Crippen LogP contribution in [0.25, 0.3) is 4.85 Å². The number of amides is 1. The van der Waals surface area contributed by atoms with Crippen LogP contribution in [-0.2, 0) is 11.0 Å². The van der Waals surface area contributed by atoms with Crippen molar-refractivity contribution in [2.24, 2.45) is 0 Å². The second-order valence-electron chi connectivity index (χ2n) is 7.84. The number of benzene rings is 2. The number of carbonyl (C=O) groups excluding carboxylic acids is 1. The van der Waals surface area contributed by atoms with Gasteiger partial charge in [-0.25, -0.2) is 4.85 Å². The van der Waals surface area contributed by atoms with Crippen LogP contribution in [0.3, 0.4) is 0 Å². The van der Waals surface area contributed by atoms with E-state index in [9.17, 15) is 23.1 Å². The Hall–Kier alpha value is -3.25. The molecule has 33 heavy (non-hydrogen) atoms. The first-order chi connectivity index (χ1) is 15.5. The third-order valence-electron chi connectivity index (χ3n) is 4.88. The lowest BCUT2D eigenvalue weighted by atomic mass is 10.1. The van der Waals surface area contributed by atoms with E-state index in [0.717, 1.165) is 37.7 Å². The Balaban J connectivity index is 2.04. The molecule has 0 unspecified atom stereocenters. The molecule has 0 saturated carbocycles. The number of hydrogen-bond acceptors (Lipinski definition) is 4. The third-order valence-corrected chi connectivity index (χ3v) is 4.88. The van der Waals surface area contributed by atoms with Crippen molar-refractivity contribution in [3.63, 3.8) is 0 Å². The number of alkyl halides is 3. The molecule has 2 rings (SSSR count). The Bertz CT molecular complexity index is 977. The molecule has 178 valence electrons. The molecule has 0 aliphatic heterocycles. The minimum absolute atomic E-state index is 0.184. The smallest absolute Gasteiger partial charge is 0.407 e. The van der Waals surface area contributed by atoms with E-state index in [0.29, 0.717) is 11.8 Å². The molecule has 2 aromatic rings. The van der Waals surface area contributed by atoms with Gasteiger partial charge >= 0.3 is 6.18 Å². The number of hydrogen-bond donors (Lipinski definition) is 2. The van der Waals surface area contributed by atoms with Crippen molar-refractivity contribution in [1.82, 2.24) is 0 Å². The highest BCUT2D eigenvalue weighted by Crippen LogP contribution is 2.38. The number of anilines is 2. The van der Waals surface area contributed by atoms with E-state index in [4.69, 9.17) is 11.3 Å². The summed E-state index contributed by atoms with van der Waals surface area (Å²) in [6, 6.07) is 10.1. The summed E-state index contributed by atoms with van der Waals surface area (Å²) in [6.45, 7) is 13.7. The number of nitrogens with one attached hydrogen (secondary N) is 1. The molecule has 0 aliphatic carbocycles. The maximum absolute atomic E-state index is 13.1. The average Bonchev–Trinajstić information content (AvgIpc) is 2.77. The minimum Gasteiger partial charge on any atom is -0.490 e. The van der Waals surface area contributed by atoms with Gasteiger partial charge in [-0.2, -0.15) is 13.2 Å². The van der Waals surface area contributed by atoms with Crippen LogP contribution in [0.1, 0.15) is 39.2 Å². The third kappa shape index (κ3) is 7.12. The van der Waals surface area contributed by atoms with Crippen molar-refractivity contribution in [3.05, 3.63) is 59.4 Å². The van der Waals surface area contributed by atoms with E-state index in [1.165, 1.54) is 13.0 Å². The van der Waals surface area contributed by atoms with Crippen LogP contribution in [0, 0.1) is 6.57 Å². The van der Waals surface area contributed by atoms with Crippen molar-refractivity contribution >= 4 is 23.0 Å². The first kappa shape index (κ1) is 26.0. The lowest BCUT2D eigenvalue weighted by Gasteiger charge is -2.25. The lowest BCUT2D eigenvalue weighted by molar-refractivity contribution is -0.137. The van der Waals surface area contributed by atoms with Gasteiger partial charge in [-0.05, 0) is 56.2 Å². The maximum atomic E-state index is 13.1. The van der Waals surface area contributed by atoms with Gasteiger partial charge in [0.1, 0.15) is 12.4 Å². The zero-order valence-electron chi connectivity index (χ0n) is 18.9. The van der Waals surface area contributed by atoms with Crippen LogP contribution in [0.2, 0.25) is 0 Å². The highest BCUT2D eigenvalue weighted by Gasteiger charge is 2.35. The predicted molar refractivity (Wildman–Crippen MR) is 122 cm³/mol.